The van der Waals surface area contributed by atoms with Crippen molar-refractivity contribution in [1.29, 1.82) is 0 Å². The van der Waals surface area contributed by atoms with Gasteiger partial charge in [-0.15, -0.1) is 0 Å². The first-order chi connectivity index (χ1) is 8.72. The first kappa shape index (κ1) is 15.4. The number of nitrogens with two attached hydrogens (primary N) is 1. The van der Waals surface area contributed by atoms with Crippen molar-refractivity contribution in [1.82, 2.24) is 5.32 Å². The maximum Gasteiger partial charge on any atom is 0.235 e. The monoisotopic (exact) mass is 288 g/mol. The van der Waals surface area contributed by atoms with Crippen LogP contribution in [0.2, 0.25) is 0 Å². The van der Waals surface area contributed by atoms with Gasteiger partial charge in [-0.05, 0) is 24.1 Å². The third kappa shape index (κ3) is 4.51. The molecule has 0 aliphatic heterocycles. The molecule has 19 heavy (non-hydrogen) atoms. The molecule has 0 bridgehead atoms. The minimum absolute atomic E-state index is 0.198. The standard InChI is InChI=1S/C12H17FN2O3S/c1-8(2)6-15-12(16)7-19(17,18)11-4-3-9(13)5-10(11)14/h3-5,8H,6-7,14H2,1-2H3,(H,15,16). The topological polar surface area (TPSA) is 89.3 Å². The van der Waals surface area contributed by atoms with E-state index in [0.717, 1.165) is 18.2 Å². The van der Waals surface area contributed by atoms with Crippen LogP contribution in [0.15, 0.2) is 23.1 Å². The zero-order valence-corrected chi connectivity index (χ0v) is 11.6. The molecule has 7 heteroatoms. The molecule has 0 spiro atoms. The van der Waals surface area contributed by atoms with E-state index in [1.165, 1.54) is 0 Å². The maximum absolute atomic E-state index is 12.9. The summed E-state index contributed by atoms with van der Waals surface area (Å²) in [5.74, 6) is -1.70. The van der Waals surface area contributed by atoms with Gasteiger partial charge in [-0.25, -0.2) is 12.8 Å². The number of nitrogen functional groups attached to an aromatic ring is 1. The Morgan fingerprint density at radius 1 is 1.42 bits per heavy atom. The molecular formula is C12H17FN2O3S. The average Bonchev–Trinajstić information content (AvgIpc) is 2.25. The lowest BCUT2D eigenvalue weighted by Crippen LogP contribution is -2.33. The number of hydrogen-bond acceptors (Lipinski definition) is 4. The highest BCUT2D eigenvalue weighted by Crippen LogP contribution is 2.20. The van der Waals surface area contributed by atoms with Crippen molar-refractivity contribution in [3.05, 3.63) is 24.0 Å². The second kappa shape index (κ2) is 6.01. The molecule has 0 radical (unpaired) electrons. The van der Waals surface area contributed by atoms with E-state index in [-0.39, 0.29) is 16.5 Å². The van der Waals surface area contributed by atoms with E-state index in [2.05, 4.69) is 5.32 Å². The van der Waals surface area contributed by atoms with Crippen LogP contribution in [0.5, 0.6) is 0 Å². The van der Waals surface area contributed by atoms with E-state index in [1.54, 1.807) is 0 Å². The summed E-state index contributed by atoms with van der Waals surface area (Å²) in [6.45, 7) is 4.19. The van der Waals surface area contributed by atoms with Crippen LogP contribution in [0, 0.1) is 11.7 Å². The number of hydrogen-bond donors (Lipinski definition) is 2. The number of rotatable bonds is 5. The number of carbonyl (C=O) groups is 1. The highest BCUT2D eigenvalue weighted by Gasteiger charge is 2.22. The van der Waals surface area contributed by atoms with E-state index in [1.807, 2.05) is 13.8 Å². The van der Waals surface area contributed by atoms with Gasteiger partial charge in [0.15, 0.2) is 9.84 Å². The molecule has 0 fully saturated rings. The van der Waals surface area contributed by atoms with Crippen LogP contribution in [0.1, 0.15) is 13.8 Å². The van der Waals surface area contributed by atoms with Crippen molar-refractivity contribution in [2.24, 2.45) is 5.92 Å². The Balaban J connectivity index is 2.84. The van der Waals surface area contributed by atoms with Crippen molar-refractivity contribution in [2.45, 2.75) is 18.7 Å². The minimum atomic E-state index is -3.86. The summed E-state index contributed by atoms with van der Waals surface area (Å²) in [5.41, 5.74) is 5.26. The number of halogens is 1. The molecule has 0 unspecified atom stereocenters. The lowest BCUT2D eigenvalue weighted by atomic mass is 10.2. The largest absolute Gasteiger partial charge is 0.398 e. The zero-order valence-electron chi connectivity index (χ0n) is 10.8. The fourth-order valence-corrected chi connectivity index (χ4v) is 2.72. The Kier molecular flexibility index (Phi) is 4.88. The van der Waals surface area contributed by atoms with Crippen molar-refractivity contribution in [2.75, 3.05) is 18.0 Å². The molecule has 1 rings (SSSR count). The van der Waals surface area contributed by atoms with Crippen LogP contribution in [-0.2, 0) is 14.6 Å². The Labute approximate surface area is 111 Å². The van der Waals surface area contributed by atoms with Gasteiger partial charge in [-0.1, -0.05) is 13.8 Å². The molecule has 1 amide bonds. The molecule has 3 N–H and O–H groups in total. The van der Waals surface area contributed by atoms with Gasteiger partial charge in [0.25, 0.3) is 0 Å². The predicted octanol–water partition coefficient (Wildman–Crippen LogP) is 0.954. The van der Waals surface area contributed by atoms with Crippen LogP contribution in [0.3, 0.4) is 0 Å². The van der Waals surface area contributed by atoms with E-state index in [4.69, 9.17) is 5.73 Å². The third-order valence-electron chi connectivity index (χ3n) is 2.34. The van der Waals surface area contributed by atoms with Crippen molar-refractivity contribution in [3.8, 4) is 0 Å². The van der Waals surface area contributed by atoms with Crippen molar-refractivity contribution >= 4 is 21.4 Å². The van der Waals surface area contributed by atoms with Gasteiger partial charge in [0.1, 0.15) is 11.6 Å². The number of carbonyl (C=O) groups excluding carboxylic acids is 1. The van der Waals surface area contributed by atoms with Gasteiger partial charge in [0.2, 0.25) is 5.91 Å². The fourth-order valence-electron chi connectivity index (χ4n) is 1.42. The molecule has 0 aromatic heterocycles. The Hall–Kier alpha value is -1.63. The molecule has 5 nitrogen and oxygen atoms in total. The molecule has 106 valence electrons. The molecule has 0 aliphatic rings. The van der Waals surface area contributed by atoms with Crippen LogP contribution in [0.25, 0.3) is 0 Å². The number of anilines is 1. The molecule has 0 atom stereocenters. The summed E-state index contributed by atoms with van der Waals surface area (Å²) in [6.07, 6.45) is 0. The first-order valence-corrected chi connectivity index (χ1v) is 7.42. The summed E-state index contributed by atoms with van der Waals surface area (Å²) in [5, 5.41) is 2.51. The van der Waals surface area contributed by atoms with Gasteiger partial charge >= 0.3 is 0 Å². The smallest absolute Gasteiger partial charge is 0.235 e. The number of nitrogens with one attached hydrogen (secondary N) is 1. The van der Waals surface area contributed by atoms with Crippen molar-refractivity contribution in [3.63, 3.8) is 0 Å². The fraction of sp³-hybridized carbons (Fsp3) is 0.417. The van der Waals surface area contributed by atoms with E-state index >= 15 is 0 Å². The predicted molar refractivity (Wildman–Crippen MR) is 70.7 cm³/mol. The second-order valence-electron chi connectivity index (χ2n) is 4.64. The van der Waals surface area contributed by atoms with E-state index < -0.39 is 27.3 Å². The van der Waals surface area contributed by atoms with E-state index in [0.29, 0.717) is 6.54 Å². The maximum atomic E-state index is 12.9. The van der Waals surface area contributed by atoms with Gasteiger partial charge < -0.3 is 11.1 Å². The number of amides is 1. The average molecular weight is 288 g/mol. The lowest BCUT2D eigenvalue weighted by Gasteiger charge is -2.09. The molecule has 1 aromatic carbocycles. The Morgan fingerprint density at radius 3 is 2.58 bits per heavy atom. The summed E-state index contributed by atoms with van der Waals surface area (Å²) >= 11 is 0. The number of sulfone groups is 1. The third-order valence-corrected chi connectivity index (χ3v) is 4.02. The Bertz CT molecular complexity index is 570. The van der Waals surface area contributed by atoms with Gasteiger partial charge in [-0.2, -0.15) is 0 Å². The molecule has 0 aliphatic carbocycles. The summed E-state index contributed by atoms with van der Waals surface area (Å²) in [6, 6.07) is 2.98. The SMILES string of the molecule is CC(C)CNC(=O)CS(=O)(=O)c1ccc(F)cc1N. The lowest BCUT2D eigenvalue weighted by molar-refractivity contribution is -0.118. The molecule has 0 saturated carbocycles. The summed E-state index contributed by atoms with van der Waals surface area (Å²) in [7, 11) is -3.86. The van der Waals surface area contributed by atoms with Crippen molar-refractivity contribution < 1.29 is 17.6 Å². The second-order valence-corrected chi connectivity index (χ2v) is 6.60. The molecule has 1 aromatic rings. The molecular weight excluding hydrogens is 271 g/mol. The van der Waals surface area contributed by atoms with Crippen LogP contribution >= 0.6 is 0 Å². The first-order valence-electron chi connectivity index (χ1n) is 5.77. The van der Waals surface area contributed by atoms with Crippen LogP contribution in [0.4, 0.5) is 10.1 Å². The van der Waals surface area contributed by atoms with Gasteiger partial charge in [-0.3, -0.25) is 4.79 Å². The molecule has 0 saturated heterocycles. The van der Waals surface area contributed by atoms with Crippen LogP contribution < -0.4 is 11.1 Å². The quantitative estimate of drug-likeness (QED) is 0.623. The zero-order chi connectivity index (χ0) is 14.6. The highest BCUT2D eigenvalue weighted by atomic mass is 32.2. The van der Waals surface area contributed by atoms with E-state index in [9.17, 15) is 17.6 Å². The van der Waals surface area contributed by atoms with Gasteiger partial charge in [0.05, 0.1) is 10.6 Å². The summed E-state index contributed by atoms with van der Waals surface area (Å²) < 4.78 is 36.8. The Morgan fingerprint density at radius 2 is 2.05 bits per heavy atom. The highest BCUT2D eigenvalue weighted by molar-refractivity contribution is 7.92. The normalized spacial score (nSPS) is 11.6. The molecule has 0 heterocycles. The minimum Gasteiger partial charge on any atom is -0.398 e. The van der Waals surface area contributed by atoms with Crippen LogP contribution in [-0.4, -0.2) is 26.6 Å². The van der Waals surface area contributed by atoms with Gasteiger partial charge in [0, 0.05) is 6.54 Å². The summed E-state index contributed by atoms with van der Waals surface area (Å²) in [4.78, 5) is 11.3. The number of benzene rings is 1.